The third-order valence-corrected chi connectivity index (χ3v) is 3.61. The Morgan fingerprint density at radius 3 is 2.31 bits per heavy atom. The number of rotatable bonds is 3. The van der Waals surface area contributed by atoms with Crippen LogP contribution in [0.5, 0.6) is 0 Å². The quantitative estimate of drug-likeness (QED) is 0.728. The van der Waals surface area contributed by atoms with Crippen LogP contribution in [-0.2, 0) is 3.76 Å². The standard InChI is InChI=1S/C11H17GeO/c1-11(2,3)9-13-12-10-7-5-4-6-8-10/h4-8,12H,9H2,1-3H3. The summed E-state index contributed by atoms with van der Waals surface area (Å²) in [5, 5.41) is 0. The second-order valence-electron chi connectivity index (χ2n) is 4.40. The Labute approximate surface area is 87.3 Å². The molecule has 71 valence electrons. The van der Waals surface area contributed by atoms with Crippen molar-refractivity contribution in [3.63, 3.8) is 0 Å². The van der Waals surface area contributed by atoms with E-state index >= 15 is 0 Å². The monoisotopic (exact) mass is 239 g/mol. The Kier molecular flexibility index (Phi) is 4.00. The van der Waals surface area contributed by atoms with Crippen LogP contribution < -0.4 is 4.40 Å². The van der Waals surface area contributed by atoms with E-state index in [4.69, 9.17) is 3.76 Å². The Hall–Kier alpha value is -0.277. The summed E-state index contributed by atoms with van der Waals surface area (Å²) in [5.74, 6) is 0. The van der Waals surface area contributed by atoms with Crippen molar-refractivity contribution in [2.24, 2.45) is 5.41 Å². The molecule has 1 aromatic carbocycles. The van der Waals surface area contributed by atoms with Gasteiger partial charge in [0.15, 0.2) is 0 Å². The molecule has 1 radical (unpaired) electrons. The van der Waals surface area contributed by atoms with Crippen LogP contribution in [-0.4, -0.2) is 22.4 Å². The van der Waals surface area contributed by atoms with Crippen LogP contribution in [0.4, 0.5) is 0 Å². The summed E-state index contributed by atoms with van der Waals surface area (Å²) >= 11 is -0.643. The van der Waals surface area contributed by atoms with E-state index in [9.17, 15) is 0 Å². The van der Waals surface area contributed by atoms with Crippen LogP contribution in [0.25, 0.3) is 0 Å². The summed E-state index contributed by atoms with van der Waals surface area (Å²) < 4.78 is 7.14. The zero-order valence-corrected chi connectivity index (χ0v) is 11.0. The Balaban J connectivity index is 2.29. The molecule has 2 heteroatoms. The van der Waals surface area contributed by atoms with Crippen LogP contribution in [0.2, 0.25) is 0 Å². The van der Waals surface area contributed by atoms with Crippen molar-refractivity contribution in [1.82, 2.24) is 0 Å². The molecule has 0 unspecified atom stereocenters. The molecule has 0 saturated heterocycles. The Bertz CT molecular complexity index is 238. The predicted molar refractivity (Wildman–Crippen MR) is 58.6 cm³/mol. The van der Waals surface area contributed by atoms with Gasteiger partial charge in [-0.3, -0.25) is 0 Å². The second-order valence-corrected chi connectivity index (χ2v) is 6.99. The first-order valence-electron chi connectivity index (χ1n) is 4.58. The van der Waals surface area contributed by atoms with Gasteiger partial charge in [-0.15, -0.1) is 0 Å². The fourth-order valence-electron chi connectivity index (χ4n) is 0.919. The molecule has 0 N–H and O–H groups in total. The molecular weight excluding hydrogens is 221 g/mol. The van der Waals surface area contributed by atoms with Gasteiger partial charge in [0.1, 0.15) is 0 Å². The zero-order valence-electron chi connectivity index (χ0n) is 8.58. The summed E-state index contributed by atoms with van der Waals surface area (Å²) in [6.07, 6.45) is 0. The molecule has 0 heterocycles. The van der Waals surface area contributed by atoms with Gasteiger partial charge in [-0.25, -0.2) is 0 Å². The van der Waals surface area contributed by atoms with Gasteiger partial charge in [0.25, 0.3) is 0 Å². The molecule has 0 aliphatic rings. The van der Waals surface area contributed by atoms with Crippen molar-refractivity contribution in [3.8, 4) is 0 Å². The third-order valence-electron chi connectivity index (χ3n) is 1.54. The first-order chi connectivity index (χ1) is 6.08. The van der Waals surface area contributed by atoms with Gasteiger partial charge in [0.05, 0.1) is 0 Å². The first-order valence-corrected chi connectivity index (χ1v) is 6.78. The van der Waals surface area contributed by atoms with E-state index < -0.39 is 15.8 Å². The third kappa shape index (κ3) is 5.11. The van der Waals surface area contributed by atoms with Crippen molar-refractivity contribution in [2.45, 2.75) is 20.8 Å². The van der Waals surface area contributed by atoms with Gasteiger partial charge in [0.2, 0.25) is 0 Å². The molecule has 0 bridgehead atoms. The maximum absolute atomic E-state index is 5.74. The zero-order chi connectivity index (χ0) is 9.73. The van der Waals surface area contributed by atoms with Gasteiger partial charge in [0, 0.05) is 0 Å². The molecule has 13 heavy (non-hydrogen) atoms. The molecule has 0 amide bonds. The van der Waals surface area contributed by atoms with Crippen molar-refractivity contribution < 1.29 is 3.76 Å². The molecule has 0 fully saturated rings. The molecule has 0 atom stereocenters. The minimum absolute atomic E-state index is 0.298. The SMILES string of the molecule is CC(C)(C)C[O][GeH][c]1ccccc1. The van der Waals surface area contributed by atoms with Gasteiger partial charge >= 0.3 is 87.1 Å². The molecule has 0 spiro atoms. The van der Waals surface area contributed by atoms with E-state index in [-0.39, 0.29) is 0 Å². The summed E-state index contributed by atoms with van der Waals surface area (Å²) in [6, 6.07) is 10.5. The number of hydrogen-bond donors (Lipinski definition) is 0. The molecule has 1 aromatic rings. The molecule has 0 aliphatic carbocycles. The molecule has 1 rings (SSSR count). The van der Waals surface area contributed by atoms with Crippen LogP contribution in [0.1, 0.15) is 20.8 Å². The average Bonchev–Trinajstić information content (AvgIpc) is 2.04. The predicted octanol–water partition coefficient (Wildman–Crippen LogP) is 1.73. The van der Waals surface area contributed by atoms with E-state index in [1.165, 1.54) is 4.40 Å². The Morgan fingerprint density at radius 2 is 1.77 bits per heavy atom. The summed E-state index contributed by atoms with van der Waals surface area (Å²) in [7, 11) is 0. The van der Waals surface area contributed by atoms with Crippen LogP contribution in [0, 0.1) is 5.41 Å². The van der Waals surface area contributed by atoms with E-state index in [1.807, 2.05) is 6.07 Å². The summed E-state index contributed by atoms with van der Waals surface area (Å²) in [4.78, 5) is 0. The van der Waals surface area contributed by atoms with Gasteiger partial charge in [-0.2, -0.15) is 0 Å². The fourth-order valence-corrected chi connectivity index (χ4v) is 3.34. The van der Waals surface area contributed by atoms with Gasteiger partial charge in [-0.05, 0) is 0 Å². The van der Waals surface area contributed by atoms with Crippen molar-refractivity contribution in [1.29, 1.82) is 0 Å². The molecular formula is C11H17GeO. The fraction of sp³-hybridized carbons (Fsp3) is 0.455. The molecule has 0 aliphatic heterocycles. The van der Waals surface area contributed by atoms with Crippen molar-refractivity contribution in [3.05, 3.63) is 30.3 Å². The summed E-state index contributed by atoms with van der Waals surface area (Å²) in [5.41, 5.74) is 0.298. The molecule has 1 nitrogen and oxygen atoms in total. The topological polar surface area (TPSA) is 9.23 Å². The van der Waals surface area contributed by atoms with E-state index in [2.05, 4.69) is 45.0 Å². The molecule has 0 aromatic heterocycles. The van der Waals surface area contributed by atoms with Crippen molar-refractivity contribution >= 4 is 20.2 Å². The van der Waals surface area contributed by atoms with Gasteiger partial charge < -0.3 is 0 Å². The van der Waals surface area contributed by atoms with Crippen LogP contribution in [0.3, 0.4) is 0 Å². The summed E-state index contributed by atoms with van der Waals surface area (Å²) in [6.45, 7) is 7.49. The second kappa shape index (κ2) is 4.82. The van der Waals surface area contributed by atoms with E-state index in [0.717, 1.165) is 6.61 Å². The Morgan fingerprint density at radius 1 is 1.15 bits per heavy atom. The number of hydrogen-bond acceptors (Lipinski definition) is 1. The molecule has 0 saturated carbocycles. The maximum atomic E-state index is 5.74. The van der Waals surface area contributed by atoms with Crippen LogP contribution >= 0.6 is 0 Å². The van der Waals surface area contributed by atoms with Gasteiger partial charge in [-0.1, -0.05) is 0 Å². The normalized spacial score (nSPS) is 11.6. The average molecular weight is 238 g/mol. The minimum atomic E-state index is -0.643. The van der Waals surface area contributed by atoms with Crippen molar-refractivity contribution in [2.75, 3.05) is 6.61 Å². The van der Waals surface area contributed by atoms with E-state index in [1.54, 1.807) is 0 Å². The number of benzene rings is 1. The van der Waals surface area contributed by atoms with Crippen LogP contribution in [0.15, 0.2) is 30.3 Å². The van der Waals surface area contributed by atoms with E-state index in [0.29, 0.717) is 5.41 Å². The first kappa shape index (κ1) is 10.8.